The molecule has 98 valence electrons. The van der Waals surface area contributed by atoms with Crippen molar-refractivity contribution in [3.63, 3.8) is 0 Å². The summed E-state index contributed by atoms with van der Waals surface area (Å²) in [5.74, 6) is 0.556. The summed E-state index contributed by atoms with van der Waals surface area (Å²) in [6.45, 7) is 0. The molecule has 3 aliphatic rings. The lowest BCUT2D eigenvalue weighted by atomic mass is 9.90. The Bertz CT molecular complexity index is 468. The van der Waals surface area contributed by atoms with E-state index < -0.39 is 16.5 Å². The van der Waals surface area contributed by atoms with Crippen LogP contribution in [0.2, 0.25) is 0 Å². The first kappa shape index (κ1) is 12.0. The van der Waals surface area contributed by atoms with E-state index >= 15 is 0 Å². The largest absolute Gasteiger partial charge is 0.468 e. The fourth-order valence-corrected chi connectivity index (χ4v) is 4.66. The van der Waals surface area contributed by atoms with E-state index in [2.05, 4.69) is 10.2 Å². The molecule has 3 unspecified atom stereocenters. The number of azo groups is 1. The third-order valence-electron chi connectivity index (χ3n) is 4.21. The van der Waals surface area contributed by atoms with Crippen LogP contribution in [0.3, 0.4) is 0 Å². The van der Waals surface area contributed by atoms with Crippen LogP contribution in [0.4, 0.5) is 0 Å². The van der Waals surface area contributed by atoms with Crippen molar-refractivity contribution in [2.75, 3.05) is 25.7 Å². The highest BCUT2D eigenvalue weighted by Gasteiger charge is 2.79. The molecule has 0 N–H and O–H groups in total. The van der Waals surface area contributed by atoms with Gasteiger partial charge < -0.3 is 9.47 Å². The molecule has 0 amide bonds. The molecule has 3 rings (SSSR count). The van der Waals surface area contributed by atoms with Gasteiger partial charge in [-0.1, -0.05) is 0 Å². The van der Waals surface area contributed by atoms with E-state index in [0.717, 1.165) is 0 Å². The average Bonchev–Trinajstić information content (AvgIpc) is 2.83. The Balaban J connectivity index is 1.95. The van der Waals surface area contributed by atoms with E-state index in [1.807, 2.05) is 0 Å². The van der Waals surface area contributed by atoms with Gasteiger partial charge in [0.15, 0.2) is 5.54 Å². The lowest BCUT2D eigenvalue weighted by Crippen LogP contribution is -2.40. The second-order valence-corrected chi connectivity index (χ2v) is 6.16. The number of hydrogen-bond acceptors (Lipinski definition) is 7. The molecule has 0 aromatic rings. The number of ether oxygens (including phenoxy) is 2. The highest BCUT2D eigenvalue weighted by atomic mass is 32.2. The number of carbonyl (C=O) groups is 2. The first-order valence-electron chi connectivity index (χ1n) is 5.73. The number of thioether (sulfide) groups is 1. The minimum absolute atomic E-state index is 0.239. The zero-order valence-corrected chi connectivity index (χ0v) is 11.1. The van der Waals surface area contributed by atoms with Crippen molar-refractivity contribution >= 4 is 23.7 Å². The van der Waals surface area contributed by atoms with Crippen LogP contribution < -0.4 is 0 Å². The van der Waals surface area contributed by atoms with Crippen LogP contribution in [0, 0.1) is 5.41 Å². The Morgan fingerprint density at radius 3 is 2.44 bits per heavy atom. The van der Waals surface area contributed by atoms with Gasteiger partial charge in [0.1, 0.15) is 11.0 Å². The summed E-state index contributed by atoms with van der Waals surface area (Å²) < 4.78 is 9.71. The molecule has 1 aliphatic carbocycles. The van der Waals surface area contributed by atoms with E-state index in [1.165, 1.54) is 14.2 Å². The fourth-order valence-electron chi connectivity index (χ4n) is 3.10. The minimum Gasteiger partial charge on any atom is -0.468 e. The zero-order chi connectivity index (χ0) is 13.0. The van der Waals surface area contributed by atoms with E-state index in [4.69, 9.17) is 9.47 Å². The van der Waals surface area contributed by atoms with Crippen molar-refractivity contribution in [1.29, 1.82) is 0 Å². The molecule has 1 saturated carbocycles. The Kier molecular flexibility index (Phi) is 2.30. The lowest BCUT2D eigenvalue weighted by Gasteiger charge is -2.20. The normalized spacial score (nSPS) is 43.9. The predicted octanol–water partition coefficient (Wildman–Crippen LogP) is 0.803. The van der Waals surface area contributed by atoms with Gasteiger partial charge in [0.25, 0.3) is 0 Å². The first-order valence-corrected chi connectivity index (χ1v) is 6.88. The van der Waals surface area contributed by atoms with Crippen molar-refractivity contribution in [2.45, 2.75) is 23.9 Å². The molecule has 2 aliphatic heterocycles. The number of carbonyl (C=O) groups excluding carboxylic acids is 2. The molecular formula is C11H14N2O4S. The van der Waals surface area contributed by atoms with Gasteiger partial charge in [-0.3, -0.25) is 4.79 Å². The Hall–Kier alpha value is -1.11. The van der Waals surface area contributed by atoms with E-state index in [1.54, 1.807) is 11.8 Å². The van der Waals surface area contributed by atoms with Crippen LogP contribution in [-0.2, 0) is 19.1 Å². The summed E-state index contributed by atoms with van der Waals surface area (Å²) in [5.41, 5.74) is -2.01. The van der Waals surface area contributed by atoms with Crippen LogP contribution in [-0.4, -0.2) is 48.7 Å². The highest BCUT2D eigenvalue weighted by molar-refractivity contribution is 7.99. The monoisotopic (exact) mass is 270 g/mol. The fraction of sp³-hybridized carbons (Fsp3) is 0.818. The molecule has 2 bridgehead atoms. The average molecular weight is 270 g/mol. The molecular weight excluding hydrogens is 256 g/mol. The lowest BCUT2D eigenvalue weighted by molar-refractivity contribution is -0.148. The number of esters is 2. The summed E-state index contributed by atoms with van der Waals surface area (Å²) in [4.78, 5) is 23.9. The van der Waals surface area contributed by atoms with Gasteiger partial charge in [-0.25, -0.2) is 4.79 Å². The summed E-state index contributed by atoms with van der Waals surface area (Å²) >= 11 is 1.55. The standard InChI is InChI=1S/C11H14N2O4S/c1-16-7(14)9-3-11(9)4-10(12-13-11,6-18-5-9)8(15)17-2/h3-6H2,1-2H3. The number of fused-ring (bicyclic) bond motifs is 1. The maximum atomic E-state index is 12.0. The molecule has 1 spiro atoms. The molecule has 2 heterocycles. The van der Waals surface area contributed by atoms with Crippen molar-refractivity contribution < 1.29 is 19.1 Å². The van der Waals surface area contributed by atoms with Crippen LogP contribution in [0.15, 0.2) is 10.2 Å². The van der Waals surface area contributed by atoms with Crippen molar-refractivity contribution in [3.8, 4) is 0 Å². The van der Waals surface area contributed by atoms with E-state index in [-0.39, 0.29) is 11.9 Å². The third kappa shape index (κ3) is 1.20. The van der Waals surface area contributed by atoms with Gasteiger partial charge >= 0.3 is 11.9 Å². The highest BCUT2D eigenvalue weighted by Crippen LogP contribution is 2.69. The Labute approximate surface area is 108 Å². The molecule has 1 saturated heterocycles. The second-order valence-electron chi connectivity index (χ2n) is 5.17. The van der Waals surface area contributed by atoms with Gasteiger partial charge in [-0.15, -0.1) is 0 Å². The summed E-state index contributed by atoms with van der Waals surface area (Å²) in [6.07, 6.45) is 1.09. The van der Waals surface area contributed by atoms with Crippen molar-refractivity contribution in [3.05, 3.63) is 0 Å². The van der Waals surface area contributed by atoms with Crippen LogP contribution >= 0.6 is 11.8 Å². The summed E-state index contributed by atoms with van der Waals surface area (Å²) in [5, 5.41) is 8.41. The van der Waals surface area contributed by atoms with Crippen molar-refractivity contribution in [2.24, 2.45) is 15.6 Å². The topological polar surface area (TPSA) is 77.3 Å². The number of methoxy groups -OCH3 is 2. The molecule has 2 fully saturated rings. The number of nitrogens with zero attached hydrogens (tertiary/aromatic N) is 2. The van der Waals surface area contributed by atoms with Crippen LogP contribution in [0.1, 0.15) is 12.8 Å². The smallest absolute Gasteiger partial charge is 0.336 e. The molecule has 18 heavy (non-hydrogen) atoms. The van der Waals surface area contributed by atoms with Gasteiger partial charge in [0, 0.05) is 17.9 Å². The van der Waals surface area contributed by atoms with Crippen LogP contribution in [0.25, 0.3) is 0 Å². The number of rotatable bonds is 2. The van der Waals surface area contributed by atoms with Gasteiger partial charge in [-0.2, -0.15) is 22.0 Å². The zero-order valence-electron chi connectivity index (χ0n) is 10.3. The molecule has 0 radical (unpaired) electrons. The Morgan fingerprint density at radius 2 is 1.78 bits per heavy atom. The third-order valence-corrected chi connectivity index (χ3v) is 5.59. The second kappa shape index (κ2) is 3.46. The molecule has 0 aromatic heterocycles. The SMILES string of the molecule is COC(=O)C12CSCC3(C(=O)OC)CC3(C1)N=N2. The predicted molar refractivity (Wildman–Crippen MR) is 63.3 cm³/mol. The van der Waals surface area contributed by atoms with E-state index in [9.17, 15) is 9.59 Å². The molecule has 0 aromatic carbocycles. The van der Waals surface area contributed by atoms with Gasteiger partial charge in [0.2, 0.25) is 0 Å². The Morgan fingerprint density at radius 1 is 1.06 bits per heavy atom. The maximum Gasteiger partial charge on any atom is 0.336 e. The van der Waals surface area contributed by atoms with E-state index in [0.29, 0.717) is 24.3 Å². The van der Waals surface area contributed by atoms with Gasteiger partial charge in [-0.05, 0) is 6.42 Å². The minimum atomic E-state index is -0.897. The van der Waals surface area contributed by atoms with Gasteiger partial charge in [0.05, 0.1) is 14.2 Å². The van der Waals surface area contributed by atoms with Crippen molar-refractivity contribution in [1.82, 2.24) is 0 Å². The van der Waals surface area contributed by atoms with Crippen LogP contribution in [0.5, 0.6) is 0 Å². The quantitative estimate of drug-likeness (QED) is 0.694. The molecule has 3 atom stereocenters. The maximum absolute atomic E-state index is 12.0. The molecule has 6 nitrogen and oxygen atoms in total. The number of hydrogen-bond donors (Lipinski definition) is 0. The molecule has 7 heteroatoms. The summed E-state index contributed by atoms with van der Waals surface area (Å²) in [6, 6.07) is 0. The first-order chi connectivity index (χ1) is 8.54. The summed E-state index contributed by atoms with van der Waals surface area (Å²) in [7, 11) is 2.74.